The van der Waals surface area contributed by atoms with Gasteiger partial charge in [-0.2, -0.15) is 0 Å². The number of aryl methyl sites for hydroxylation is 2. The van der Waals surface area contributed by atoms with Crippen LogP contribution >= 0.6 is 0 Å². The normalized spacial score (nSPS) is 13.8. The van der Waals surface area contributed by atoms with Gasteiger partial charge in [-0.25, -0.2) is 0 Å². The second-order valence-corrected chi connectivity index (χ2v) is 5.37. The van der Waals surface area contributed by atoms with Gasteiger partial charge in [-0.15, -0.1) is 0 Å². The fourth-order valence-corrected chi connectivity index (χ4v) is 2.62. The highest BCUT2D eigenvalue weighted by Gasteiger charge is 2.37. The van der Waals surface area contributed by atoms with Gasteiger partial charge in [-0.3, -0.25) is 9.59 Å². The number of rotatable bonds is 5. The summed E-state index contributed by atoms with van der Waals surface area (Å²) in [5, 5.41) is 0. The highest BCUT2D eigenvalue weighted by atomic mass is 16.2. The Morgan fingerprint density at radius 2 is 1.75 bits per heavy atom. The number of unbranched alkanes of at least 4 members (excludes halogenated alkanes) is 1. The number of hydrogen-bond donors (Lipinski definition) is 0. The van der Waals surface area contributed by atoms with Crippen LogP contribution in [0.2, 0.25) is 0 Å². The molecule has 1 amide bonds. The van der Waals surface area contributed by atoms with Gasteiger partial charge in [-0.05, 0) is 44.7 Å². The zero-order chi connectivity index (χ0) is 14.9. The van der Waals surface area contributed by atoms with Crippen LogP contribution in [0.1, 0.15) is 47.7 Å². The third kappa shape index (κ3) is 2.50. The molecule has 0 spiro atoms. The van der Waals surface area contributed by atoms with Gasteiger partial charge in [0.05, 0.1) is 11.3 Å². The fraction of sp³-hybridized carbons (Fsp3) is 0.438. The maximum Gasteiger partial charge on any atom is 0.299 e. The van der Waals surface area contributed by atoms with E-state index < -0.39 is 11.7 Å². The molecule has 20 heavy (non-hydrogen) atoms. The topological polar surface area (TPSA) is 54.5 Å². The first-order valence-corrected chi connectivity index (χ1v) is 6.89. The molecule has 4 nitrogen and oxygen atoms in total. The van der Waals surface area contributed by atoms with E-state index in [2.05, 4.69) is 0 Å². The second-order valence-electron chi connectivity index (χ2n) is 5.37. The van der Waals surface area contributed by atoms with Crippen molar-refractivity contribution in [3.8, 4) is 0 Å². The molecule has 2 rings (SSSR count). The highest BCUT2D eigenvalue weighted by molar-refractivity contribution is 6.52. The number of hydrogen-bond acceptors (Lipinski definition) is 3. The Morgan fingerprint density at radius 1 is 1.10 bits per heavy atom. The van der Waals surface area contributed by atoms with Crippen LogP contribution in [0.4, 0.5) is 5.69 Å². The third-order valence-electron chi connectivity index (χ3n) is 3.68. The molecule has 1 heterocycles. The summed E-state index contributed by atoms with van der Waals surface area (Å²) < 4.78 is 0. The van der Waals surface area contributed by atoms with E-state index in [0.29, 0.717) is 18.5 Å². The molecule has 0 N–H and O–H groups in total. The van der Waals surface area contributed by atoms with E-state index in [4.69, 9.17) is 0 Å². The first kappa shape index (κ1) is 14.4. The zero-order valence-electron chi connectivity index (χ0n) is 12.2. The Bertz CT molecular complexity index is 590. The summed E-state index contributed by atoms with van der Waals surface area (Å²) in [5.41, 5.74) is 3.08. The van der Waals surface area contributed by atoms with Crippen molar-refractivity contribution in [2.75, 3.05) is 11.4 Å². The maximum absolute atomic E-state index is 12.1. The molecule has 0 bridgehead atoms. The second kappa shape index (κ2) is 5.57. The van der Waals surface area contributed by atoms with Crippen LogP contribution in [-0.4, -0.2) is 24.0 Å². The lowest BCUT2D eigenvalue weighted by molar-refractivity contribution is -0.117. The Kier molecular flexibility index (Phi) is 4.02. The number of carbonyl (C=O) groups is 3. The van der Waals surface area contributed by atoms with Crippen LogP contribution in [0.3, 0.4) is 0 Å². The van der Waals surface area contributed by atoms with E-state index in [1.165, 1.54) is 0 Å². The van der Waals surface area contributed by atoms with Gasteiger partial charge < -0.3 is 9.69 Å². The number of Topliss-reactive ketones (excluding diaryl/α,β-unsaturated/α-hetero) is 2. The molecule has 0 fully saturated rings. The number of fused-ring (bicyclic) bond motifs is 1. The quantitative estimate of drug-likeness (QED) is 0.612. The van der Waals surface area contributed by atoms with Gasteiger partial charge in [0.15, 0.2) is 0 Å². The predicted octanol–water partition coefficient (Wildman–Crippen LogP) is 2.59. The van der Waals surface area contributed by atoms with Crippen LogP contribution in [-0.2, 0) is 9.59 Å². The molecule has 4 heteroatoms. The van der Waals surface area contributed by atoms with Crippen molar-refractivity contribution in [3.05, 3.63) is 28.8 Å². The molecule has 1 aromatic carbocycles. The molecule has 0 saturated carbocycles. The van der Waals surface area contributed by atoms with Crippen LogP contribution in [0, 0.1) is 13.8 Å². The van der Waals surface area contributed by atoms with Crippen LogP contribution in [0.5, 0.6) is 0 Å². The lowest BCUT2D eigenvalue weighted by Crippen LogP contribution is -2.31. The average Bonchev–Trinajstić information content (AvgIpc) is 2.64. The lowest BCUT2D eigenvalue weighted by atomic mass is 10.0. The summed E-state index contributed by atoms with van der Waals surface area (Å²) in [6.45, 7) is 5.82. The molecule has 0 aliphatic carbocycles. The molecule has 0 saturated heterocycles. The molecule has 0 aromatic heterocycles. The van der Waals surface area contributed by atoms with Gasteiger partial charge >= 0.3 is 0 Å². The van der Waals surface area contributed by atoms with Crippen LogP contribution in [0.25, 0.3) is 0 Å². The first-order chi connectivity index (χ1) is 9.43. The average molecular weight is 273 g/mol. The molecule has 1 aromatic rings. The summed E-state index contributed by atoms with van der Waals surface area (Å²) >= 11 is 0. The molecule has 0 atom stereocenters. The Hall–Kier alpha value is -1.97. The maximum atomic E-state index is 12.1. The standard InChI is InChI=1S/C16H19NO3/c1-10-7-8-11(2)14-13(10)15(19)16(20)17(14)9-5-4-6-12(3)18/h7-8H,4-6,9H2,1-3H3. The summed E-state index contributed by atoms with van der Waals surface area (Å²) in [6.07, 6.45) is 1.99. The van der Waals surface area contributed by atoms with E-state index >= 15 is 0 Å². The number of anilines is 1. The minimum absolute atomic E-state index is 0.154. The summed E-state index contributed by atoms with van der Waals surface area (Å²) in [5.74, 6) is -0.700. The Labute approximate surface area is 118 Å². The first-order valence-electron chi connectivity index (χ1n) is 6.89. The van der Waals surface area contributed by atoms with E-state index in [1.807, 2.05) is 26.0 Å². The number of benzene rings is 1. The SMILES string of the molecule is CC(=O)CCCCN1C(=O)C(=O)c2c(C)ccc(C)c21. The Balaban J connectivity index is 2.20. The minimum atomic E-state index is -0.444. The van der Waals surface area contributed by atoms with Crippen molar-refractivity contribution in [3.63, 3.8) is 0 Å². The van der Waals surface area contributed by atoms with Crippen molar-refractivity contribution in [2.24, 2.45) is 0 Å². The Morgan fingerprint density at radius 3 is 2.40 bits per heavy atom. The minimum Gasteiger partial charge on any atom is -0.304 e. The van der Waals surface area contributed by atoms with Crippen molar-refractivity contribution in [1.29, 1.82) is 0 Å². The van der Waals surface area contributed by atoms with E-state index in [1.54, 1.807) is 11.8 Å². The van der Waals surface area contributed by atoms with Gasteiger partial charge in [0.2, 0.25) is 0 Å². The van der Waals surface area contributed by atoms with Gasteiger partial charge in [-0.1, -0.05) is 12.1 Å². The lowest BCUT2D eigenvalue weighted by Gasteiger charge is -2.18. The van der Waals surface area contributed by atoms with Crippen molar-refractivity contribution < 1.29 is 14.4 Å². The molecule has 106 valence electrons. The zero-order valence-corrected chi connectivity index (χ0v) is 12.2. The molecular formula is C16H19NO3. The van der Waals surface area contributed by atoms with Crippen molar-refractivity contribution in [1.82, 2.24) is 0 Å². The monoisotopic (exact) mass is 273 g/mol. The molecule has 1 aliphatic rings. The van der Waals surface area contributed by atoms with Gasteiger partial charge in [0.25, 0.3) is 11.7 Å². The van der Waals surface area contributed by atoms with Crippen molar-refractivity contribution >= 4 is 23.2 Å². The summed E-state index contributed by atoms with van der Waals surface area (Å²) in [7, 11) is 0. The molecule has 0 radical (unpaired) electrons. The summed E-state index contributed by atoms with van der Waals surface area (Å²) in [4.78, 5) is 36.7. The largest absolute Gasteiger partial charge is 0.304 e. The third-order valence-corrected chi connectivity index (χ3v) is 3.68. The highest BCUT2D eigenvalue weighted by Crippen LogP contribution is 2.34. The van der Waals surface area contributed by atoms with E-state index in [-0.39, 0.29) is 5.78 Å². The number of ketones is 2. The van der Waals surface area contributed by atoms with Crippen molar-refractivity contribution in [2.45, 2.75) is 40.0 Å². The van der Waals surface area contributed by atoms with E-state index in [9.17, 15) is 14.4 Å². The molecule has 0 unspecified atom stereocenters. The van der Waals surface area contributed by atoms with Gasteiger partial charge in [0.1, 0.15) is 5.78 Å². The van der Waals surface area contributed by atoms with E-state index in [0.717, 1.165) is 29.7 Å². The summed E-state index contributed by atoms with van der Waals surface area (Å²) in [6, 6.07) is 3.81. The fourth-order valence-electron chi connectivity index (χ4n) is 2.62. The number of nitrogens with zero attached hydrogens (tertiary/aromatic N) is 1. The predicted molar refractivity (Wildman–Crippen MR) is 77.1 cm³/mol. The molecular weight excluding hydrogens is 254 g/mol. The molecule has 1 aliphatic heterocycles. The van der Waals surface area contributed by atoms with Crippen LogP contribution < -0.4 is 4.90 Å². The smallest absolute Gasteiger partial charge is 0.299 e. The van der Waals surface area contributed by atoms with Crippen LogP contribution in [0.15, 0.2) is 12.1 Å². The number of amides is 1. The number of carbonyl (C=O) groups excluding carboxylic acids is 3. The van der Waals surface area contributed by atoms with Gasteiger partial charge in [0, 0.05) is 13.0 Å².